The van der Waals surface area contributed by atoms with Crippen LogP contribution in [0.2, 0.25) is 5.02 Å². The number of halogens is 1. The highest BCUT2D eigenvalue weighted by Gasteiger charge is 2.27. The minimum Gasteiger partial charge on any atom is -0.492 e. The Morgan fingerprint density at radius 2 is 1.80 bits per heavy atom. The molecule has 1 aromatic carbocycles. The second kappa shape index (κ2) is 10.4. The molecule has 1 aliphatic heterocycles. The van der Waals surface area contributed by atoms with Crippen LogP contribution in [0, 0.1) is 0 Å². The van der Waals surface area contributed by atoms with Crippen LogP contribution in [-0.4, -0.2) is 45.6 Å². The second-order valence-electron chi connectivity index (χ2n) is 6.22. The van der Waals surface area contributed by atoms with Crippen LogP contribution in [0.25, 0.3) is 0 Å². The molecule has 2 rings (SSSR count). The summed E-state index contributed by atoms with van der Waals surface area (Å²) < 4.78 is 37.8. The summed E-state index contributed by atoms with van der Waals surface area (Å²) in [6.07, 6.45) is 7.02. The molecule has 7 heteroatoms. The molecule has 1 aromatic rings. The fraction of sp³-hybridized carbons (Fsp3) is 0.667. The summed E-state index contributed by atoms with van der Waals surface area (Å²) in [4.78, 5) is 0.219. The van der Waals surface area contributed by atoms with Crippen LogP contribution in [0.15, 0.2) is 23.1 Å². The van der Waals surface area contributed by atoms with Gasteiger partial charge in [0.25, 0.3) is 0 Å². The minimum atomic E-state index is -3.53. The van der Waals surface area contributed by atoms with Crippen LogP contribution in [0.3, 0.4) is 0 Å². The van der Waals surface area contributed by atoms with Gasteiger partial charge in [0.05, 0.1) is 29.7 Å². The second-order valence-corrected chi connectivity index (χ2v) is 8.57. The predicted octanol–water partition coefficient (Wildman–Crippen LogP) is 4.10. The molecular formula is C18H28ClNO4S. The lowest BCUT2D eigenvalue weighted by molar-refractivity contribution is 0.0730. The maximum atomic E-state index is 12.7. The van der Waals surface area contributed by atoms with Gasteiger partial charge in [-0.1, -0.05) is 50.6 Å². The molecule has 0 bridgehead atoms. The largest absolute Gasteiger partial charge is 0.492 e. The molecule has 1 aliphatic rings. The number of nitrogens with zero attached hydrogens (tertiary/aromatic N) is 1. The van der Waals surface area contributed by atoms with E-state index in [0.29, 0.717) is 43.7 Å². The third-order valence-corrected chi connectivity index (χ3v) is 6.47. The van der Waals surface area contributed by atoms with E-state index in [9.17, 15) is 8.42 Å². The van der Waals surface area contributed by atoms with Crippen LogP contribution in [0.1, 0.15) is 45.4 Å². The summed E-state index contributed by atoms with van der Waals surface area (Å²) >= 11 is 6.16. The molecule has 0 spiro atoms. The van der Waals surface area contributed by atoms with E-state index >= 15 is 0 Å². The zero-order chi connectivity index (χ0) is 18.1. The first-order valence-corrected chi connectivity index (χ1v) is 10.9. The highest BCUT2D eigenvalue weighted by atomic mass is 35.5. The average Bonchev–Trinajstić information content (AvgIpc) is 2.63. The molecule has 1 fully saturated rings. The van der Waals surface area contributed by atoms with Gasteiger partial charge in [-0.3, -0.25) is 0 Å². The molecular weight excluding hydrogens is 362 g/mol. The van der Waals surface area contributed by atoms with Crippen molar-refractivity contribution < 1.29 is 17.9 Å². The van der Waals surface area contributed by atoms with Crippen molar-refractivity contribution in [3.8, 4) is 5.75 Å². The van der Waals surface area contributed by atoms with E-state index in [-0.39, 0.29) is 4.90 Å². The van der Waals surface area contributed by atoms with Crippen molar-refractivity contribution in [2.45, 2.75) is 50.3 Å². The van der Waals surface area contributed by atoms with Crippen LogP contribution in [-0.2, 0) is 14.8 Å². The minimum absolute atomic E-state index is 0.219. The van der Waals surface area contributed by atoms with Gasteiger partial charge in [0, 0.05) is 19.2 Å². The molecule has 1 saturated heterocycles. The summed E-state index contributed by atoms with van der Waals surface area (Å²) in [7, 11) is -3.53. The van der Waals surface area contributed by atoms with E-state index in [4.69, 9.17) is 21.1 Å². The van der Waals surface area contributed by atoms with Gasteiger partial charge < -0.3 is 9.47 Å². The Balaban J connectivity index is 1.93. The first-order chi connectivity index (χ1) is 12.1. The standard InChI is InChI=1S/C18H28ClNO4S/c1-2-3-4-5-6-7-12-24-18-15-16(8-9-17(18)19)25(21,22)20-10-13-23-14-11-20/h8-9,15H,2-7,10-14H2,1H3. The first kappa shape index (κ1) is 20.5. The lowest BCUT2D eigenvalue weighted by Gasteiger charge is -2.26. The van der Waals surface area contributed by atoms with Crippen molar-refractivity contribution in [2.24, 2.45) is 0 Å². The number of hydrogen-bond acceptors (Lipinski definition) is 4. The number of sulfonamides is 1. The highest BCUT2D eigenvalue weighted by molar-refractivity contribution is 7.89. The maximum Gasteiger partial charge on any atom is 0.243 e. The summed E-state index contributed by atoms with van der Waals surface area (Å²) in [5.41, 5.74) is 0. The van der Waals surface area contributed by atoms with Crippen molar-refractivity contribution in [3.63, 3.8) is 0 Å². The van der Waals surface area contributed by atoms with Gasteiger partial charge in [-0.15, -0.1) is 0 Å². The summed E-state index contributed by atoms with van der Waals surface area (Å²) in [5, 5.41) is 0.437. The Kier molecular flexibility index (Phi) is 8.49. The molecule has 0 N–H and O–H groups in total. The Bertz CT molecular complexity index is 630. The van der Waals surface area contributed by atoms with Crippen LogP contribution in [0.4, 0.5) is 0 Å². The molecule has 0 unspecified atom stereocenters. The van der Waals surface area contributed by atoms with Crippen LogP contribution in [0.5, 0.6) is 5.75 Å². The van der Waals surface area contributed by atoms with Crippen molar-refractivity contribution in [2.75, 3.05) is 32.9 Å². The molecule has 25 heavy (non-hydrogen) atoms. The van der Waals surface area contributed by atoms with E-state index in [1.165, 1.54) is 42.1 Å². The van der Waals surface area contributed by atoms with E-state index in [2.05, 4.69) is 6.92 Å². The summed E-state index contributed by atoms with van der Waals surface area (Å²) in [6, 6.07) is 4.65. The molecule has 1 heterocycles. The van der Waals surface area contributed by atoms with Crippen molar-refractivity contribution >= 4 is 21.6 Å². The summed E-state index contributed by atoms with van der Waals surface area (Å²) in [6.45, 7) is 4.34. The van der Waals surface area contributed by atoms with Crippen LogP contribution < -0.4 is 4.74 Å². The lowest BCUT2D eigenvalue weighted by Crippen LogP contribution is -2.40. The van der Waals surface area contributed by atoms with Gasteiger partial charge in [0.15, 0.2) is 0 Å². The quantitative estimate of drug-likeness (QED) is 0.565. The smallest absolute Gasteiger partial charge is 0.243 e. The van der Waals surface area contributed by atoms with E-state index < -0.39 is 10.0 Å². The number of ether oxygens (including phenoxy) is 2. The normalized spacial score (nSPS) is 16.1. The first-order valence-electron chi connectivity index (χ1n) is 9.06. The van der Waals surface area contributed by atoms with E-state index in [1.54, 1.807) is 6.07 Å². The fourth-order valence-electron chi connectivity index (χ4n) is 2.76. The third kappa shape index (κ3) is 6.13. The Morgan fingerprint density at radius 3 is 2.52 bits per heavy atom. The van der Waals surface area contributed by atoms with Crippen LogP contribution >= 0.6 is 11.6 Å². The maximum absolute atomic E-state index is 12.7. The Morgan fingerprint density at radius 1 is 1.12 bits per heavy atom. The van der Waals surface area contributed by atoms with Gasteiger partial charge in [0.2, 0.25) is 10.0 Å². The molecule has 0 aliphatic carbocycles. The predicted molar refractivity (Wildman–Crippen MR) is 99.9 cm³/mol. The van der Waals surface area contributed by atoms with Crippen molar-refractivity contribution in [3.05, 3.63) is 23.2 Å². The zero-order valence-corrected chi connectivity index (χ0v) is 16.4. The van der Waals surface area contributed by atoms with E-state index in [1.807, 2.05) is 0 Å². The van der Waals surface area contributed by atoms with Crippen molar-refractivity contribution in [1.82, 2.24) is 4.31 Å². The lowest BCUT2D eigenvalue weighted by atomic mass is 10.1. The van der Waals surface area contributed by atoms with Gasteiger partial charge in [0.1, 0.15) is 5.75 Å². The molecule has 0 radical (unpaired) electrons. The number of hydrogen-bond donors (Lipinski definition) is 0. The molecule has 0 amide bonds. The Hall–Kier alpha value is -0.820. The van der Waals surface area contributed by atoms with Gasteiger partial charge in [-0.05, 0) is 18.6 Å². The fourth-order valence-corrected chi connectivity index (χ4v) is 4.35. The number of benzene rings is 1. The average molecular weight is 390 g/mol. The van der Waals surface area contributed by atoms with Gasteiger partial charge in [-0.25, -0.2) is 8.42 Å². The van der Waals surface area contributed by atoms with Crippen molar-refractivity contribution in [1.29, 1.82) is 0 Å². The number of morpholine rings is 1. The molecule has 5 nitrogen and oxygen atoms in total. The Labute approximate surface area is 156 Å². The number of rotatable bonds is 10. The molecule has 0 aromatic heterocycles. The third-order valence-electron chi connectivity index (χ3n) is 4.27. The molecule has 142 valence electrons. The van der Waals surface area contributed by atoms with E-state index in [0.717, 1.165) is 12.8 Å². The van der Waals surface area contributed by atoms with Gasteiger partial charge >= 0.3 is 0 Å². The molecule has 0 saturated carbocycles. The topological polar surface area (TPSA) is 55.8 Å². The number of unbranched alkanes of at least 4 members (excludes halogenated alkanes) is 5. The zero-order valence-electron chi connectivity index (χ0n) is 14.9. The monoisotopic (exact) mass is 389 g/mol. The summed E-state index contributed by atoms with van der Waals surface area (Å²) in [5.74, 6) is 0.435. The SMILES string of the molecule is CCCCCCCCOc1cc(S(=O)(=O)N2CCOCC2)ccc1Cl. The highest BCUT2D eigenvalue weighted by Crippen LogP contribution is 2.29. The van der Waals surface area contributed by atoms with Gasteiger partial charge in [-0.2, -0.15) is 4.31 Å². The molecule has 0 atom stereocenters.